The lowest BCUT2D eigenvalue weighted by molar-refractivity contribution is -0.179. The fourth-order valence-electron chi connectivity index (χ4n) is 5.10. The SMILES string of the molecule is CC(C)(C)OC(=O)ON1CCC(c2ccc(OCC#CCOc3ccccc3)cc2)C(OCc2ccc3ccccc3c2)C1. The van der Waals surface area contributed by atoms with Gasteiger partial charge in [0.1, 0.15) is 30.3 Å². The van der Waals surface area contributed by atoms with Crippen LogP contribution in [0.5, 0.6) is 11.5 Å². The van der Waals surface area contributed by atoms with Crippen LogP contribution in [0.25, 0.3) is 10.8 Å². The van der Waals surface area contributed by atoms with Crippen molar-refractivity contribution in [1.29, 1.82) is 0 Å². The molecule has 4 aromatic carbocycles. The molecule has 0 bridgehead atoms. The molecule has 1 heterocycles. The van der Waals surface area contributed by atoms with Gasteiger partial charge in [-0.2, -0.15) is 0 Å². The molecule has 1 fully saturated rings. The van der Waals surface area contributed by atoms with Crippen molar-refractivity contribution >= 4 is 16.9 Å². The van der Waals surface area contributed by atoms with Gasteiger partial charge in [0.05, 0.1) is 19.3 Å². The van der Waals surface area contributed by atoms with E-state index in [9.17, 15) is 4.79 Å². The second-order valence-electron chi connectivity index (χ2n) is 11.7. The van der Waals surface area contributed by atoms with Gasteiger partial charge >= 0.3 is 6.16 Å². The second-order valence-corrected chi connectivity index (χ2v) is 11.7. The summed E-state index contributed by atoms with van der Waals surface area (Å²) in [6, 6.07) is 32.3. The number of ether oxygens (including phenoxy) is 4. The van der Waals surface area contributed by atoms with Gasteiger partial charge in [-0.05, 0) is 79.4 Å². The standard InChI is InChI=1S/C37H39NO6/c1-37(2,3)43-36(39)44-38-22-21-34(35(26-38)42-27-28-15-16-29-11-7-8-12-31(29)25-28)30-17-19-33(20-18-30)41-24-10-9-23-40-32-13-5-4-6-14-32/h4-8,11-20,25,34-35H,21-24,26-27H2,1-3H3. The Labute approximate surface area is 259 Å². The highest BCUT2D eigenvalue weighted by molar-refractivity contribution is 5.82. The van der Waals surface area contributed by atoms with Gasteiger partial charge in [-0.15, -0.1) is 5.06 Å². The van der Waals surface area contributed by atoms with Crippen molar-refractivity contribution in [2.45, 2.75) is 51.4 Å². The number of rotatable bonds is 9. The maximum atomic E-state index is 12.4. The summed E-state index contributed by atoms with van der Waals surface area (Å²) in [7, 11) is 0. The molecule has 0 N–H and O–H groups in total. The molecule has 228 valence electrons. The number of fused-ring (bicyclic) bond motifs is 1. The van der Waals surface area contributed by atoms with Crippen molar-refractivity contribution in [3.05, 3.63) is 108 Å². The monoisotopic (exact) mass is 593 g/mol. The number of hydrogen-bond donors (Lipinski definition) is 0. The zero-order valence-electron chi connectivity index (χ0n) is 25.5. The maximum absolute atomic E-state index is 12.4. The highest BCUT2D eigenvalue weighted by atomic mass is 16.8. The van der Waals surface area contributed by atoms with Crippen molar-refractivity contribution < 1.29 is 28.6 Å². The topological polar surface area (TPSA) is 66.5 Å². The molecule has 0 aliphatic carbocycles. The number of hydroxylamine groups is 2. The molecule has 44 heavy (non-hydrogen) atoms. The van der Waals surface area contributed by atoms with Crippen LogP contribution in [-0.2, 0) is 20.9 Å². The molecular formula is C37H39NO6. The molecule has 1 aliphatic heterocycles. The highest BCUT2D eigenvalue weighted by Crippen LogP contribution is 2.33. The predicted molar refractivity (Wildman–Crippen MR) is 170 cm³/mol. The van der Waals surface area contributed by atoms with E-state index in [2.05, 4.69) is 54.3 Å². The van der Waals surface area contributed by atoms with Gasteiger partial charge in [-0.3, -0.25) is 0 Å². The van der Waals surface area contributed by atoms with Crippen LogP contribution in [0.15, 0.2) is 97.1 Å². The summed E-state index contributed by atoms with van der Waals surface area (Å²) in [4.78, 5) is 17.9. The summed E-state index contributed by atoms with van der Waals surface area (Å²) in [5, 5.41) is 4.01. The van der Waals surface area contributed by atoms with Gasteiger partial charge < -0.3 is 23.8 Å². The zero-order valence-corrected chi connectivity index (χ0v) is 25.5. The Morgan fingerprint density at radius 3 is 2.18 bits per heavy atom. The van der Waals surface area contributed by atoms with Crippen molar-refractivity contribution in [2.75, 3.05) is 26.3 Å². The fraction of sp³-hybridized carbons (Fsp3) is 0.324. The minimum absolute atomic E-state index is 0.109. The number of benzene rings is 4. The largest absolute Gasteiger partial charge is 0.528 e. The Kier molecular flexibility index (Phi) is 10.4. The molecule has 7 heteroatoms. The van der Waals surface area contributed by atoms with Crippen LogP contribution in [0, 0.1) is 11.8 Å². The smallest absolute Gasteiger partial charge is 0.481 e. The average Bonchev–Trinajstić information content (AvgIpc) is 3.01. The predicted octanol–water partition coefficient (Wildman–Crippen LogP) is 7.54. The van der Waals surface area contributed by atoms with Crippen molar-refractivity contribution in [2.24, 2.45) is 0 Å². The summed E-state index contributed by atoms with van der Waals surface area (Å²) in [6.07, 6.45) is -0.168. The number of carbonyl (C=O) groups excluding carboxylic acids is 1. The Morgan fingerprint density at radius 1 is 0.818 bits per heavy atom. The Hall–Kier alpha value is -4.51. The van der Waals surface area contributed by atoms with Crippen molar-refractivity contribution in [1.82, 2.24) is 5.06 Å². The Morgan fingerprint density at radius 2 is 1.48 bits per heavy atom. The first kappa shape index (κ1) is 30.9. The summed E-state index contributed by atoms with van der Waals surface area (Å²) < 4.78 is 23.3. The highest BCUT2D eigenvalue weighted by Gasteiger charge is 2.34. The zero-order chi connectivity index (χ0) is 30.8. The molecule has 1 saturated heterocycles. The molecule has 0 amide bonds. The van der Waals surface area contributed by atoms with E-state index < -0.39 is 11.8 Å². The summed E-state index contributed by atoms with van der Waals surface area (Å²) in [6.45, 7) is 7.47. The molecule has 5 rings (SSSR count). The van der Waals surface area contributed by atoms with Gasteiger partial charge in [0.25, 0.3) is 0 Å². The van der Waals surface area contributed by atoms with Crippen LogP contribution in [0.2, 0.25) is 0 Å². The lowest BCUT2D eigenvalue weighted by Crippen LogP contribution is -2.45. The lowest BCUT2D eigenvalue weighted by Gasteiger charge is -2.37. The number of nitrogens with zero attached hydrogens (tertiary/aromatic N) is 1. The van der Waals surface area contributed by atoms with Crippen molar-refractivity contribution in [3.63, 3.8) is 0 Å². The van der Waals surface area contributed by atoms with Gasteiger partial charge in [-0.25, -0.2) is 4.79 Å². The summed E-state index contributed by atoms with van der Waals surface area (Å²) in [5.41, 5.74) is 1.60. The molecule has 2 unspecified atom stereocenters. The molecular weight excluding hydrogens is 554 g/mol. The first-order valence-electron chi connectivity index (χ1n) is 14.9. The number of hydrogen-bond acceptors (Lipinski definition) is 7. The van der Waals surface area contributed by atoms with E-state index in [1.165, 1.54) is 10.8 Å². The molecule has 7 nitrogen and oxygen atoms in total. The quantitative estimate of drug-likeness (QED) is 0.147. The molecule has 0 radical (unpaired) electrons. The maximum Gasteiger partial charge on any atom is 0.528 e. The fourth-order valence-corrected chi connectivity index (χ4v) is 5.10. The molecule has 2 atom stereocenters. The van der Waals surface area contributed by atoms with Crippen LogP contribution < -0.4 is 9.47 Å². The molecule has 0 saturated carbocycles. The molecule has 0 spiro atoms. The van der Waals surface area contributed by atoms with Gasteiger partial charge in [-0.1, -0.05) is 78.6 Å². The Bertz CT molecular complexity index is 1570. The third-order valence-corrected chi connectivity index (χ3v) is 7.19. The summed E-state index contributed by atoms with van der Waals surface area (Å²) >= 11 is 0. The Balaban J connectivity index is 1.20. The number of para-hydroxylation sites is 1. The van der Waals surface area contributed by atoms with Gasteiger partial charge in [0, 0.05) is 12.5 Å². The first-order valence-corrected chi connectivity index (χ1v) is 14.9. The van der Waals surface area contributed by atoms with Gasteiger partial charge in [0.2, 0.25) is 0 Å². The lowest BCUT2D eigenvalue weighted by atomic mass is 9.87. The van der Waals surface area contributed by atoms with Crippen LogP contribution in [-0.4, -0.2) is 49.2 Å². The molecule has 1 aliphatic rings. The van der Waals surface area contributed by atoms with Crippen LogP contribution in [0.4, 0.5) is 4.79 Å². The van der Waals surface area contributed by atoms with Crippen molar-refractivity contribution in [3.8, 4) is 23.3 Å². The van der Waals surface area contributed by atoms with Crippen LogP contribution in [0.3, 0.4) is 0 Å². The minimum Gasteiger partial charge on any atom is -0.481 e. The van der Waals surface area contributed by atoms with E-state index in [1.54, 1.807) is 5.06 Å². The third-order valence-electron chi connectivity index (χ3n) is 7.19. The molecule has 0 aromatic heterocycles. The van der Waals surface area contributed by atoms with Crippen LogP contribution >= 0.6 is 0 Å². The normalized spacial score (nSPS) is 16.9. The van der Waals surface area contributed by atoms with E-state index in [0.717, 1.165) is 29.0 Å². The van der Waals surface area contributed by atoms with E-state index in [0.29, 0.717) is 26.3 Å². The van der Waals surface area contributed by atoms with Crippen LogP contribution in [0.1, 0.15) is 44.2 Å². The summed E-state index contributed by atoms with van der Waals surface area (Å²) in [5.74, 6) is 7.61. The minimum atomic E-state index is -0.708. The van der Waals surface area contributed by atoms with Gasteiger partial charge in [0.15, 0.2) is 0 Å². The van der Waals surface area contributed by atoms with E-state index in [1.807, 2.05) is 75.4 Å². The molecule has 4 aromatic rings. The third kappa shape index (κ3) is 9.24. The van der Waals surface area contributed by atoms with E-state index in [4.69, 9.17) is 23.8 Å². The number of carbonyl (C=O) groups is 1. The number of piperidine rings is 1. The average molecular weight is 594 g/mol. The first-order chi connectivity index (χ1) is 21.3. The van der Waals surface area contributed by atoms with E-state index >= 15 is 0 Å². The van der Waals surface area contributed by atoms with E-state index in [-0.39, 0.29) is 18.6 Å². The second kappa shape index (κ2) is 14.8.